The van der Waals surface area contributed by atoms with E-state index in [0.717, 1.165) is 10.6 Å². The first-order chi connectivity index (χ1) is 15.5. The molecule has 0 saturated heterocycles. The van der Waals surface area contributed by atoms with Gasteiger partial charge in [0.25, 0.3) is 0 Å². The van der Waals surface area contributed by atoms with Crippen LogP contribution in [0.2, 0.25) is 5.02 Å². The molecule has 11 heteroatoms. The van der Waals surface area contributed by atoms with E-state index < -0.39 is 40.2 Å². The zero-order chi connectivity index (χ0) is 24.8. The number of likely N-dealkylation sites (N-methyl/N-ethyl adjacent to an activating group) is 1. The van der Waals surface area contributed by atoms with Crippen molar-refractivity contribution in [1.82, 2.24) is 10.2 Å². The molecule has 0 radical (unpaired) electrons. The molecule has 8 nitrogen and oxygen atoms in total. The van der Waals surface area contributed by atoms with Crippen LogP contribution in [0.15, 0.2) is 42.5 Å². The molecule has 0 saturated carbocycles. The summed E-state index contributed by atoms with van der Waals surface area (Å²) < 4.78 is 44.3. The highest BCUT2D eigenvalue weighted by molar-refractivity contribution is 7.92. The van der Waals surface area contributed by atoms with Crippen molar-refractivity contribution in [2.24, 2.45) is 0 Å². The molecule has 0 fully saturated rings. The molecule has 2 aromatic carbocycles. The molecular formula is C22H27ClFN3O5S. The number of carbonyl (C=O) groups is 2. The predicted octanol–water partition coefficient (Wildman–Crippen LogP) is 2.81. The van der Waals surface area contributed by atoms with Crippen LogP contribution < -0.4 is 14.4 Å². The lowest BCUT2D eigenvalue weighted by Crippen LogP contribution is -2.51. The van der Waals surface area contributed by atoms with Gasteiger partial charge in [-0.15, -0.1) is 0 Å². The Morgan fingerprint density at radius 3 is 2.33 bits per heavy atom. The Morgan fingerprint density at radius 1 is 1.18 bits per heavy atom. The zero-order valence-electron chi connectivity index (χ0n) is 18.8. The summed E-state index contributed by atoms with van der Waals surface area (Å²) in [5.41, 5.74) is 0.753. The standard InChI is InChI=1S/C22H27ClFN3O5S/c1-5-25-22(29)15(2)26(13-16-6-8-17(24)9-7-16)21(28)14-27(33(4,30)31)18-10-11-20(32-3)19(23)12-18/h6-12,15H,5,13-14H2,1-4H3,(H,25,29). The number of nitrogens with one attached hydrogen (secondary N) is 1. The molecule has 0 aliphatic rings. The Balaban J connectivity index is 2.39. The van der Waals surface area contributed by atoms with E-state index in [1.165, 1.54) is 54.5 Å². The number of anilines is 1. The zero-order valence-corrected chi connectivity index (χ0v) is 20.4. The number of nitrogens with zero attached hydrogens (tertiary/aromatic N) is 2. The van der Waals surface area contributed by atoms with Crippen molar-refractivity contribution in [2.75, 3.05) is 30.8 Å². The second-order valence-corrected chi connectivity index (χ2v) is 9.62. The molecule has 0 aromatic heterocycles. The Bertz CT molecular complexity index is 1100. The van der Waals surface area contributed by atoms with E-state index in [0.29, 0.717) is 17.9 Å². The van der Waals surface area contributed by atoms with E-state index in [9.17, 15) is 22.4 Å². The van der Waals surface area contributed by atoms with Crippen LogP contribution in [0.5, 0.6) is 5.75 Å². The Labute approximate surface area is 198 Å². The highest BCUT2D eigenvalue weighted by atomic mass is 35.5. The molecule has 1 unspecified atom stereocenters. The molecular weight excluding hydrogens is 473 g/mol. The summed E-state index contributed by atoms with van der Waals surface area (Å²) in [5.74, 6) is -1.10. The van der Waals surface area contributed by atoms with Gasteiger partial charge in [-0.1, -0.05) is 23.7 Å². The van der Waals surface area contributed by atoms with Gasteiger partial charge < -0.3 is 15.0 Å². The summed E-state index contributed by atoms with van der Waals surface area (Å²) >= 11 is 6.14. The molecule has 2 amide bonds. The van der Waals surface area contributed by atoms with Crippen LogP contribution in [0, 0.1) is 5.82 Å². The van der Waals surface area contributed by atoms with E-state index in [2.05, 4.69) is 5.32 Å². The van der Waals surface area contributed by atoms with Gasteiger partial charge in [-0.3, -0.25) is 13.9 Å². The Hall–Kier alpha value is -2.85. The van der Waals surface area contributed by atoms with Crippen molar-refractivity contribution < 1.29 is 27.1 Å². The lowest BCUT2D eigenvalue weighted by molar-refractivity contribution is -0.139. The molecule has 0 aliphatic heterocycles. The quantitative estimate of drug-likeness (QED) is 0.542. The van der Waals surface area contributed by atoms with Crippen LogP contribution in [0.4, 0.5) is 10.1 Å². The fraction of sp³-hybridized carbons (Fsp3) is 0.364. The first kappa shape index (κ1) is 26.4. The van der Waals surface area contributed by atoms with Crippen LogP contribution in [0.3, 0.4) is 0 Å². The van der Waals surface area contributed by atoms with E-state index >= 15 is 0 Å². The SMILES string of the molecule is CCNC(=O)C(C)N(Cc1ccc(F)cc1)C(=O)CN(c1ccc(OC)c(Cl)c1)S(C)(=O)=O. The first-order valence-electron chi connectivity index (χ1n) is 10.1. The van der Waals surface area contributed by atoms with Crippen LogP contribution in [-0.2, 0) is 26.2 Å². The Morgan fingerprint density at radius 2 is 1.82 bits per heavy atom. The molecule has 2 rings (SSSR count). The maximum atomic E-state index is 13.3. The molecule has 1 atom stereocenters. The van der Waals surface area contributed by atoms with Gasteiger partial charge >= 0.3 is 0 Å². The normalized spacial score (nSPS) is 12.1. The molecule has 0 aliphatic carbocycles. The average Bonchev–Trinajstić information content (AvgIpc) is 2.75. The lowest BCUT2D eigenvalue weighted by atomic mass is 10.1. The maximum absolute atomic E-state index is 13.3. The molecule has 1 N–H and O–H groups in total. The van der Waals surface area contributed by atoms with Gasteiger partial charge in [-0.05, 0) is 49.7 Å². The number of sulfonamides is 1. The van der Waals surface area contributed by atoms with Crippen LogP contribution in [-0.4, -0.2) is 57.6 Å². The second kappa shape index (κ2) is 11.3. The monoisotopic (exact) mass is 499 g/mol. The number of carbonyl (C=O) groups excluding carboxylic acids is 2. The number of hydrogen-bond acceptors (Lipinski definition) is 5. The third kappa shape index (κ3) is 7.06. The Kier molecular flexibility index (Phi) is 9.07. The molecule has 180 valence electrons. The van der Waals surface area contributed by atoms with Gasteiger partial charge in [0.15, 0.2) is 0 Å². The molecule has 33 heavy (non-hydrogen) atoms. The van der Waals surface area contributed by atoms with Crippen molar-refractivity contribution in [3.8, 4) is 5.75 Å². The molecule has 0 bridgehead atoms. The maximum Gasteiger partial charge on any atom is 0.244 e. The van der Waals surface area contributed by atoms with Crippen molar-refractivity contribution in [1.29, 1.82) is 0 Å². The third-order valence-corrected chi connectivity index (χ3v) is 6.32. The van der Waals surface area contributed by atoms with Crippen LogP contribution in [0.1, 0.15) is 19.4 Å². The molecule has 0 heterocycles. The smallest absolute Gasteiger partial charge is 0.244 e. The number of methoxy groups -OCH3 is 1. The summed E-state index contributed by atoms with van der Waals surface area (Å²) in [7, 11) is -2.46. The van der Waals surface area contributed by atoms with Gasteiger partial charge in [0.1, 0.15) is 24.2 Å². The second-order valence-electron chi connectivity index (χ2n) is 7.31. The van der Waals surface area contributed by atoms with Crippen molar-refractivity contribution in [3.05, 3.63) is 58.9 Å². The number of benzene rings is 2. The molecule has 2 aromatic rings. The summed E-state index contributed by atoms with van der Waals surface area (Å²) in [5, 5.41) is 2.83. The van der Waals surface area contributed by atoms with Crippen molar-refractivity contribution >= 4 is 39.1 Å². The molecule has 0 spiro atoms. The van der Waals surface area contributed by atoms with Gasteiger partial charge in [0, 0.05) is 13.1 Å². The lowest BCUT2D eigenvalue weighted by Gasteiger charge is -2.31. The van der Waals surface area contributed by atoms with E-state index in [1.807, 2.05) is 0 Å². The first-order valence-corrected chi connectivity index (χ1v) is 12.3. The van der Waals surface area contributed by atoms with Gasteiger partial charge in [0.05, 0.1) is 24.1 Å². The van der Waals surface area contributed by atoms with Gasteiger partial charge in [0.2, 0.25) is 21.8 Å². The number of amides is 2. The highest BCUT2D eigenvalue weighted by Crippen LogP contribution is 2.30. The largest absolute Gasteiger partial charge is 0.495 e. The minimum atomic E-state index is -3.88. The third-order valence-electron chi connectivity index (χ3n) is 4.89. The number of halogens is 2. The summed E-state index contributed by atoms with van der Waals surface area (Å²) in [6, 6.07) is 8.93. The van der Waals surface area contributed by atoms with E-state index in [1.54, 1.807) is 13.8 Å². The minimum Gasteiger partial charge on any atom is -0.495 e. The number of rotatable bonds is 10. The van der Waals surface area contributed by atoms with Gasteiger partial charge in [-0.2, -0.15) is 0 Å². The van der Waals surface area contributed by atoms with E-state index in [4.69, 9.17) is 16.3 Å². The van der Waals surface area contributed by atoms with Crippen molar-refractivity contribution in [3.63, 3.8) is 0 Å². The number of hydrogen-bond donors (Lipinski definition) is 1. The summed E-state index contributed by atoms with van der Waals surface area (Å²) in [4.78, 5) is 27.0. The van der Waals surface area contributed by atoms with Crippen LogP contribution >= 0.6 is 11.6 Å². The predicted molar refractivity (Wildman–Crippen MR) is 125 cm³/mol. The fourth-order valence-corrected chi connectivity index (χ4v) is 4.21. The fourth-order valence-electron chi connectivity index (χ4n) is 3.12. The highest BCUT2D eigenvalue weighted by Gasteiger charge is 2.30. The van der Waals surface area contributed by atoms with Gasteiger partial charge in [-0.25, -0.2) is 12.8 Å². The van der Waals surface area contributed by atoms with E-state index in [-0.39, 0.29) is 17.3 Å². The van der Waals surface area contributed by atoms with Crippen LogP contribution in [0.25, 0.3) is 0 Å². The summed E-state index contributed by atoms with van der Waals surface area (Å²) in [6.45, 7) is 3.07. The topological polar surface area (TPSA) is 96.0 Å². The minimum absolute atomic E-state index is 0.0155. The summed E-state index contributed by atoms with van der Waals surface area (Å²) in [6.07, 6.45) is 0.968. The average molecular weight is 500 g/mol. The van der Waals surface area contributed by atoms with Crippen molar-refractivity contribution in [2.45, 2.75) is 26.4 Å². The number of ether oxygens (including phenoxy) is 1.